The third-order valence-electron chi connectivity index (χ3n) is 3.42. The highest BCUT2D eigenvalue weighted by molar-refractivity contribution is 6.35. The van der Waals surface area contributed by atoms with E-state index in [1.165, 1.54) is 0 Å². The number of rotatable bonds is 3. The van der Waals surface area contributed by atoms with E-state index < -0.39 is 0 Å². The van der Waals surface area contributed by atoms with E-state index in [9.17, 15) is 0 Å². The zero-order valence-electron chi connectivity index (χ0n) is 11.6. The molecule has 0 aliphatic carbocycles. The summed E-state index contributed by atoms with van der Waals surface area (Å²) in [4.78, 5) is 4.71. The van der Waals surface area contributed by atoms with Crippen LogP contribution < -0.4 is 5.73 Å². The molecule has 0 aliphatic heterocycles. The first kappa shape index (κ1) is 14.2. The van der Waals surface area contributed by atoms with Gasteiger partial charge in [0.1, 0.15) is 5.82 Å². The van der Waals surface area contributed by atoms with Crippen LogP contribution in [0.5, 0.6) is 0 Å². The van der Waals surface area contributed by atoms with Crippen LogP contribution in [0.1, 0.15) is 13.3 Å². The van der Waals surface area contributed by atoms with Gasteiger partial charge in [-0.1, -0.05) is 36.2 Å². The van der Waals surface area contributed by atoms with Crippen molar-refractivity contribution in [3.63, 3.8) is 0 Å². The number of benzene rings is 2. The second kappa shape index (κ2) is 5.58. The summed E-state index contributed by atoms with van der Waals surface area (Å²) in [6.07, 6.45) is 0.993. The molecule has 0 atom stereocenters. The van der Waals surface area contributed by atoms with Crippen molar-refractivity contribution in [1.82, 2.24) is 9.55 Å². The van der Waals surface area contributed by atoms with Gasteiger partial charge in [-0.25, -0.2) is 4.98 Å². The standard InChI is InChI=1S/C16H15Cl2N3/c1-2-8-21-15-12(18)4-3-5-14(15)20-16(21)10-6-7-11(17)13(19)9-10/h3-7,9H,2,8,19H2,1H3. The van der Waals surface area contributed by atoms with Crippen LogP contribution in [-0.2, 0) is 6.54 Å². The fourth-order valence-corrected chi connectivity index (χ4v) is 2.88. The van der Waals surface area contributed by atoms with Gasteiger partial charge in [0.05, 0.1) is 26.8 Å². The zero-order valence-corrected chi connectivity index (χ0v) is 13.1. The molecule has 21 heavy (non-hydrogen) atoms. The summed E-state index contributed by atoms with van der Waals surface area (Å²) in [6, 6.07) is 11.3. The van der Waals surface area contributed by atoms with Gasteiger partial charge in [0.25, 0.3) is 0 Å². The number of aromatic nitrogens is 2. The average molecular weight is 320 g/mol. The van der Waals surface area contributed by atoms with Gasteiger partial charge in [0.2, 0.25) is 0 Å². The van der Waals surface area contributed by atoms with E-state index in [4.69, 9.17) is 33.9 Å². The van der Waals surface area contributed by atoms with Crippen LogP contribution in [0.3, 0.4) is 0 Å². The Balaban J connectivity index is 2.28. The highest BCUT2D eigenvalue weighted by Gasteiger charge is 2.15. The summed E-state index contributed by atoms with van der Waals surface area (Å²) >= 11 is 12.3. The Hall–Kier alpha value is -1.71. The largest absolute Gasteiger partial charge is 0.398 e. The molecule has 1 aromatic heterocycles. The molecule has 108 valence electrons. The Bertz CT molecular complexity index is 809. The summed E-state index contributed by atoms with van der Waals surface area (Å²) < 4.78 is 2.14. The fraction of sp³-hybridized carbons (Fsp3) is 0.188. The monoisotopic (exact) mass is 319 g/mol. The molecule has 0 aliphatic rings. The first-order valence-corrected chi connectivity index (χ1v) is 7.57. The van der Waals surface area contributed by atoms with Crippen molar-refractivity contribution in [2.75, 3.05) is 5.73 Å². The number of aryl methyl sites for hydroxylation is 1. The summed E-state index contributed by atoms with van der Waals surface area (Å²) in [6.45, 7) is 2.97. The highest BCUT2D eigenvalue weighted by atomic mass is 35.5. The molecule has 2 aromatic carbocycles. The molecular weight excluding hydrogens is 305 g/mol. The van der Waals surface area contributed by atoms with E-state index in [1.807, 2.05) is 30.3 Å². The number of nitrogens with two attached hydrogens (primary N) is 1. The van der Waals surface area contributed by atoms with Crippen LogP contribution in [0.4, 0.5) is 5.69 Å². The van der Waals surface area contributed by atoms with Gasteiger partial charge in [0, 0.05) is 12.1 Å². The van der Waals surface area contributed by atoms with Crippen molar-refractivity contribution in [2.45, 2.75) is 19.9 Å². The normalized spacial score (nSPS) is 11.2. The van der Waals surface area contributed by atoms with Gasteiger partial charge in [-0.2, -0.15) is 0 Å². The second-order valence-corrected chi connectivity index (χ2v) is 5.75. The van der Waals surface area contributed by atoms with E-state index in [-0.39, 0.29) is 0 Å². The lowest BCUT2D eigenvalue weighted by atomic mass is 10.2. The number of imidazole rings is 1. The number of nitrogens with zero attached hydrogens (tertiary/aromatic N) is 2. The van der Waals surface area contributed by atoms with E-state index in [1.54, 1.807) is 6.07 Å². The molecule has 0 saturated heterocycles. The van der Waals surface area contributed by atoms with Crippen LogP contribution in [0, 0.1) is 0 Å². The predicted octanol–water partition coefficient (Wildman–Crippen LogP) is 5.00. The van der Waals surface area contributed by atoms with Gasteiger partial charge in [-0.05, 0) is 36.8 Å². The minimum Gasteiger partial charge on any atom is -0.398 e. The smallest absolute Gasteiger partial charge is 0.141 e. The van der Waals surface area contributed by atoms with E-state index >= 15 is 0 Å². The SMILES string of the molecule is CCCn1c(-c2ccc(Cl)c(N)c2)nc2cccc(Cl)c21. The molecule has 5 heteroatoms. The first-order chi connectivity index (χ1) is 10.1. The van der Waals surface area contributed by atoms with E-state index in [0.29, 0.717) is 15.7 Å². The minimum atomic E-state index is 0.551. The molecule has 0 radical (unpaired) electrons. The van der Waals surface area contributed by atoms with Crippen molar-refractivity contribution in [2.24, 2.45) is 0 Å². The van der Waals surface area contributed by atoms with E-state index in [0.717, 1.165) is 35.4 Å². The molecule has 3 aromatic rings. The summed E-state index contributed by atoms with van der Waals surface area (Å²) in [5.41, 5.74) is 9.26. The number of hydrogen-bond acceptors (Lipinski definition) is 2. The third-order valence-corrected chi connectivity index (χ3v) is 4.07. The number of fused-ring (bicyclic) bond motifs is 1. The average Bonchev–Trinajstić information content (AvgIpc) is 2.83. The summed E-state index contributed by atoms with van der Waals surface area (Å²) in [5.74, 6) is 0.864. The Morgan fingerprint density at radius 2 is 1.95 bits per heavy atom. The molecule has 0 bridgehead atoms. The van der Waals surface area contributed by atoms with Gasteiger partial charge in [0.15, 0.2) is 0 Å². The van der Waals surface area contributed by atoms with Gasteiger partial charge >= 0.3 is 0 Å². The van der Waals surface area contributed by atoms with Crippen LogP contribution >= 0.6 is 23.2 Å². The third kappa shape index (κ3) is 2.47. The molecule has 0 fully saturated rings. The van der Waals surface area contributed by atoms with Crippen molar-refractivity contribution in [3.8, 4) is 11.4 Å². The molecule has 0 unspecified atom stereocenters. The minimum absolute atomic E-state index is 0.551. The summed E-state index contributed by atoms with van der Waals surface area (Å²) in [7, 11) is 0. The molecular formula is C16H15Cl2N3. The molecule has 3 nitrogen and oxygen atoms in total. The van der Waals surface area contributed by atoms with Gasteiger partial charge in [-0.3, -0.25) is 0 Å². The Kier molecular flexibility index (Phi) is 3.79. The molecule has 0 saturated carbocycles. The molecule has 0 spiro atoms. The van der Waals surface area contributed by atoms with Gasteiger partial charge in [-0.15, -0.1) is 0 Å². The molecule has 3 rings (SSSR count). The maximum Gasteiger partial charge on any atom is 0.141 e. The van der Waals surface area contributed by atoms with Crippen molar-refractivity contribution in [3.05, 3.63) is 46.4 Å². The van der Waals surface area contributed by atoms with Crippen LogP contribution in [0.2, 0.25) is 10.0 Å². The van der Waals surface area contributed by atoms with Crippen LogP contribution in [-0.4, -0.2) is 9.55 Å². The lowest BCUT2D eigenvalue weighted by Crippen LogP contribution is -2.00. The maximum atomic E-state index is 6.35. The molecule has 1 heterocycles. The van der Waals surface area contributed by atoms with Crippen molar-refractivity contribution < 1.29 is 0 Å². The maximum absolute atomic E-state index is 6.35. The lowest BCUT2D eigenvalue weighted by Gasteiger charge is -2.09. The van der Waals surface area contributed by atoms with Gasteiger partial charge < -0.3 is 10.3 Å². The van der Waals surface area contributed by atoms with E-state index in [2.05, 4.69) is 11.5 Å². The number of para-hydroxylation sites is 1. The number of hydrogen-bond donors (Lipinski definition) is 1. The topological polar surface area (TPSA) is 43.8 Å². The molecule has 0 amide bonds. The number of halogens is 2. The molecule has 2 N–H and O–H groups in total. The zero-order chi connectivity index (χ0) is 15.0. The first-order valence-electron chi connectivity index (χ1n) is 6.82. The second-order valence-electron chi connectivity index (χ2n) is 4.93. The Morgan fingerprint density at radius 1 is 1.14 bits per heavy atom. The Labute approximate surface area is 133 Å². The highest BCUT2D eigenvalue weighted by Crippen LogP contribution is 2.32. The lowest BCUT2D eigenvalue weighted by molar-refractivity contribution is 0.704. The Morgan fingerprint density at radius 3 is 2.67 bits per heavy atom. The van der Waals surface area contributed by atoms with Crippen LogP contribution in [0.25, 0.3) is 22.4 Å². The predicted molar refractivity (Wildman–Crippen MR) is 89.9 cm³/mol. The quantitative estimate of drug-likeness (QED) is 0.690. The number of anilines is 1. The van der Waals surface area contributed by atoms with Crippen LogP contribution in [0.15, 0.2) is 36.4 Å². The number of nitrogen functional groups attached to an aromatic ring is 1. The van der Waals surface area contributed by atoms with Crippen molar-refractivity contribution in [1.29, 1.82) is 0 Å². The summed E-state index contributed by atoms with van der Waals surface area (Å²) in [5, 5.41) is 1.26. The van der Waals surface area contributed by atoms with Crippen molar-refractivity contribution >= 4 is 39.9 Å². The fourth-order valence-electron chi connectivity index (χ4n) is 2.49.